The zero-order valence-corrected chi connectivity index (χ0v) is 19.1. The summed E-state index contributed by atoms with van der Waals surface area (Å²) in [6.45, 7) is 7.58. The molecule has 3 aliphatic carbocycles. The summed E-state index contributed by atoms with van der Waals surface area (Å²) in [5.74, 6) is 2.37. The molecule has 5 rings (SSSR count). The fraction of sp³-hybridized carbons (Fsp3) is 0.630. The summed E-state index contributed by atoms with van der Waals surface area (Å²) in [6.07, 6.45) is 10.7. The number of anilines is 1. The van der Waals surface area contributed by atoms with Crippen molar-refractivity contribution in [2.24, 2.45) is 34.5 Å². The number of rotatable bonds is 3. The first kappa shape index (κ1) is 20.8. The van der Waals surface area contributed by atoms with Crippen molar-refractivity contribution in [3.05, 3.63) is 42.5 Å². The van der Waals surface area contributed by atoms with Crippen LogP contribution >= 0.6 is 0 Å². The number of fused-ring (bicyclic) bond motifs is 5. The minimum atomic E-state index is 0.0553. The summed E-state index contributed by atoms with van der Waals surface area (Å²) < 4.78 is 0. The Kier molecular flexibility index (Phi) is 5.02. The van der Waals surface area contributed by atoms with E-state index in [9.17, 15) is 9.59 Å². The largest absolute Gasteiger partial charge is 0.349 e. The summed E-state index contributed by atoms with van der Waals surface area (Å²) in [4.78, 5) is 27.7. The molecule has 3 fully saturated rings. The third-order valence-electron chi connectivity index (χ3n) is 9.63. The Morgan fingerprint density at radius 2 is 1.84 bits per heavy atom. The van der Waals surface area contributed by atoms with Crippen LogP contribution in [0.4, 0.5) is 5.69 Å². The molecule has 0 spiro atoms. The maximum Gasteiger partial charge on any atom is 0.243 e. The van der Waals surface area contributed by atoms with Gasteiger partial charge in [0.1, 0.15) is 0 Å². The summed E-state index contributed by atoms with van der Waals surface area (Å²) in [7, 11) is 0. The van der Waals surface area contributed by atoms with Crippen molar-refractivity contribution in [3.63, 3.8) is 0 Å². The monoisotopic (exact) mass is 420 g/mol. The van der Waals surface area contributed by atoms with Crippen LogP contribution < -0.4 is 10.2 Å². The number of hydrogen-bond acceptors (Lipinski definition) is 2. The third kappa shape index (κ3) is 3.08. The van der Waals surface area contributed by atoms with Crippen LogP contribution in [0.2, 0.25) is 0 Å². The number of benzene rings is 1. The van der Waals surface area contributed by atoms with E-state index in [2.05, 4.69) is 44.3 Å². The van der Waals surface area contributed by atoms with Crippen molar-refractivity contribution in [2.45, 2.75) is 65.3 Å². The predicted octanol–water partition coefficient (Wildman–Crippen LogP) is 4.95. The number of amides is 2. The highest BCUT2D eigenvalue weighted by atomic mass is 16.2. The maximum absolute atomic E-state index is 13.8. The van der Waals surface area contributed by atoms with Gasteiger partial charge in [-0.15, -0.1) is 0 Å². The number of carbonyl (C=O) groups is 2. The Hall–Kier alpha value is -2.10. The molecule has 0 bridgehead atoms. The van der Waals surface area contributed by atoms with Crippen LogP contribution in [-0.4, -0.2) is 24.4 Å². The van der Waals surface area contributed by atoms with E-state index >= 15 is 0 Å². The second-order valence-electron chi connectivity index (χ2n) is 10.8. The molecule has 0 aromatic heterocycles. The van der Waals surface area contributed by atoms with E-state index in [0.29, 0.717) is 23.7 Å². The van der Waals surface area contributed by atoms with Crippen molar-refractivity contribution in [1.82, 2.24) is 5.32 Å². The summed E-state index contributed by atoms with van der Waals surface area (Å²) in [5, 5.41) is 3.24. The number of nitrogens with one attached hydrogen (secondary N) is 1. The molecule has 4 nitrogen and oxygen atoms in total. The van der Waals surface area contributed by atoms with E-state index < -0.39 is 0 Å². The van der Waals surface area contributed by atoms with Crippen molar-refractivity contribution in [1.29, 1.82) is 0 Å². The fourth-order valence-electron chi connectivity index (χ4n) is 8.00. The SMILES string of the molecule is CCN(C(=O)C1CCC2C3CCC4NC(=O)C=C[C@]4(C)C3CC[C@]12C)c1ccccc1. The molecule has 5 unspecified atom stereocenters. The molecule has 1 heterocycles. The average Bonchev–Trinajstić information content (AvgIpc) is 3.12. The van der Waals surface area contributed by atoms with Gasteiger partial charge in [0.25, 0.3) is 0 Å². The molecule has 4 heteroatoms. The lowest BCUT2D eigenvalue weighted by Crippen LogP contribution is -2.59. The highest BCUT2D eigenvalue weighted by Gasteiger charge is 2.61. The Balaban J connectivity index is 1.41. The molecule has 1 aliphatic heterocycles. The Morgan fingerprint density at radius 1 is 1.06 bits per heavy atom. The topological polar surface area (TPSA) is 49.4 Å². The Labute approximate surface area is 186 Å². The highest BCUT2D eigenvalue weighted by molar-refractivity contribution is 5.95. The van der Waals surface area contributed by atoms with E-state index in [-0.39, 0.29) is 28.7 Å². The molecule has 1 N–H and O–H groups in total. The summed E-state index contributed by atoms with van der Waals surface area (Å²) in [5.41, 5.74) is 1.16. The lowest BCUT2D eigenvalue weighted by atomic mass is 9.48. The molecule has 166 valence electrons. The van der Waals surface area contributed by atoms with Gasteiger partial charge in [0, 0.05) is 29.6 Å². The molecule has 1 aromatic carbocycles. The van der Waals surface area contributed by atoms with Crippen LogP contribution in [0.5, 0.6) is 0 Å². The first-order valence-corrected chi connectivity index (χ1v) is 12.2. The van der Waals surface area contributed by atoms with Crippen molar-refractivity contribution in [2.75, 3.05) is 11.4 Å². The van der Waals surface area contributed by atoms with Gasteiger partial charge >= 0.3 is 0 Å². The summed E-state index contributed by atoms with van der Waals surface area (Å²) in [6, 6.07) is 10.4. The zero-order chi connectivity index (χ0) is 21.8. The molecule has 0 radical (unpaired) electrons. The van der Waals surface area contributed by atoms with Crippen LogP contribution in [0.25, 0.3) is 0 Å². The van der Waals surface area contributed by atoms with Gasteiger partial charge in [0.05, 0.1) is 0 Å². The average molecular weight is 421 g/mol. The zero-order valence-electron chi connectivity index (χ0n) is 19.1. The van der Waals surface area contributed by atoms with E-state index in [0.717, 1.165) is 44.3 Å². The van der Waals surface area contributed by atoms with Gasteiger partial charge in [-0.1, -0.05) is 38.1 Å². The molecule has 4 aliphatic rings. The Bertz CT molecular complexity index is 896. The molecule has 1 aromatic rings. The standard InChI is InChI=1S/C27H36N2O2/c1-4-29(18-8-6-5-7-9-18)25(31)22-12-11-20-19-10-13-23-27(3,17-15-24(30)28-23)21(19)14-16-26(20,22)2/h5-9,15,17,19-23H,4,10-14,16H2,1-3H3,(H,28,30)/t19?,20?,21?,22?,23?,26-,27+/m0/s1. The second-order valence-corrected chi connectivity index (χ2v) is 10.8. The number of para-hydroxylation sites is 1. The predicted molar refractivity (Wildman–Crippen MR) is 123 cm³/mol. The second kappa shape index (κ2) is 7.50. The van der Waals surface area contributed by atoms with Gasteiger partial charge in [0.2, 0.25) is 11.8 Å². The minimum Gasteiger partial charge on any atom is -0.349 e. The summed E-state index contributed by atoms with van der Waals surface area (Å²) >= 11 is 0. The van der Waals surface area contributed by atoms with Crippen LogP contribution in [0.1, 0.15) is 59.3 Å². The molecule has 3 saturated carbocycles. The van der Waals surface area contributed by atoms with E-state index in [1.807, 2.05) is 23.1 Å². The van der Waals surface area contributed by atoms with Gasteiger partial charge in [-0.25, -0.2) is 0 Å². The quantitative estimate of drug-likeness (QED) is 0.752. The van der Waals surface area contributed by atoms with E-state index in [4.69, 9.17) is 0 Å². The molecular weight excluding hydrogens is 384 g/mol. The number of carbonyl (C=O) groups excluding carboxylic acids is 2. The minimum absolute atomic E-state index is 0.0553. The maximum atomic E-state index is 13.8. The smallest absolute Gasteiger partial charge is 0.243 e. The molecule has 31 heavy (non-hydrogen) atoms. The highest BCUT2D eigenvalue weighted by Crippen LogP contribution is 2.65. The van der Waals surface area contributed by atoms with Gasteiger partial charge in [-0.05, 0) is 86.8 Å². The molecule has 2 amide bonds. The van der Waals surface area contributed by atoms with Crippen molar-refractivity contribution >= 4 is 17.5 Å². The molecular formula is C27H36N2O2. The van der Waals surface area contributed by atoms with Gasteiger partial charge in [-0.3, -0.25) is 9.59 Å². The van der Waals surface area contributed by atoms with Crippen molar-refractivity contribution in [3.8, 4) is 0 Å². The van der Waals surface area contributed by atoms with Crippen LogP contribution in [-0.2, 0) is 9.59 Å². The van der Waals surface area contributed by atoms with Gasteiger partial charge < -0.3 is 10.2 Å². The van der Waals surface area contributed by atoms with Crippen LogP contribution in [0.15, 0.2) is 42.5 Å². The Morgan fingerprint density at radius 3 is 2.58 bits per heavy atom. The first-order valence-electron chi connectivity index (χ1n) is 12.2. The molecule has 0 saturated heterocycles. The lowest BCUT2D eigenvalue weighted by Gasteiger charge is -2.58. The lowest BCUT2D eigenvalue weighted by molar-refractivity contribution is -0.131. The van der Waals surface area contributed by atoms with Gasteiger partial charge in [0.15, 0.2) is 0 Å². The van der Waals surface area contributed by atoms with E-state index in [1.165, 1.54) is 6.42 Å². The number of nitrogens with zero attached hydrogens (tertiary/aromatic N) is 1. The number of hydrogen-bond donors (Lipinski definition) is 1. The van der Waals surface area contributed by atoms with Crippen LogP contribution in [0, 0.1) is 34.5 Å². The van der Waals surface area contributed by atoms with Crippen LogP contribution in [0.3, 0.4) is 0 Å². The first-order chi connectivity index (χ1) is 14.9. The fourth-order valence-corrected chi connectivity index (χ4v) is 8.00. The van der Waals surface area contributed by atoms with E-state index in [1.54, 1.807) is 6.08 Å². The molecule has 7 atom stereocenters. The van der Waals surface area contributed by atoms with Gasteiger partial charge in [-0.2, -0.15) is 0 Å². The third-order valence-corrected chi connectivity index (χ3v) is 9.63. The van der Waals surface area contributed by atoms with Crippen molar-refractivity contribution < 1.29 is 9.59 Å². The normalized spacial score (nSPS) is 41.0.